The number of piperidine rings is 1. The van der Waals surface area contributed by atoms with E-state index in [1.165, 1.54) is 30.3 Å². The van der Waals surface area contributed by atoms with Crippen LogP contribution in [0.3, 0.4) is 0 Å². The number of hydrogen-bond donors (Lipinski definition) is 2. The number of nitrogen functional groups attached to an aromatic ring is 1. The number of nitrogens with zero attached hydrogens (tertiary/aromatic N) is 2. The Hall–Kier alpha value is -1.89. The van der Waals surface area contributed by atoms with E-state index in [4.69, 9.17) is 5.73 Å². The molecule has 1 aliphatic carbocycles. The number of rotatable bonds is 5. The zero-order valence-corrected chi connectivity index (χ0v) is 14.9. The Morgan fingerprint density at radius 1 is 1.20 bits per heavy atom. The van der Waals surface area contributed by atoms with E-state index in [0.717, 1.165) is 19.4 Å². The van der Waals surface area contributed by atoms with Crippen LogP contribution < -0.4 is 17.0 Å². The Morgan fingerprint density at radius 3 is 2.68 bits per heavy atom. The first-order chi connectivity index (χ1) is 12.0. The van der Waals surface area contributed by atoms with Crippen LogP contribution in [0.1, 0.15) is 62.2 Å². The fourth-order valence-electron chi connectivity index (χ4n) is 4.49. The van der Waals surface area contributed by atoms with Gasteiger partial charge >= 0.3 is 5.69 Å². The number of anilines is 1. The van der Waals surface area contributed by atoms with Gasteiger partial charge in [0.1, 0.15) is 11.4 Å². The number of carbonyl (C=O) groups excluding carboxylic acids is 1. The van der Waals surface area contributed by atoms with Crippen molar-refractivity contribution in [2.45, 2.75) is 64.5 Å². The van der Waals surface area contributed by atoms with E-state index in [9.17, 15) is 14.4 Å². The minimum atomic E-state index is -0.669. The summed E-state index contributed by atoms with van der Waals surface area (Å²) in [5.74, 6) is 0.382. The molecule has 0 radical (unpaired) electrons. The maximum Gasteiger partial charge on any atom is 0.329 e. The molecule has 0 amide bonds. The summed E-state index contributed by atoms with van der Waals surface area (Å²) in [6.07, 6.45) is 7.86. The molecule has 1 aromatic heterocycles. The summed E-state index contributed by atoms with van der Waals surface area (Å²) in [7, 11) is 0. The summed E-state index contributed by atoms with van der Waals surface area (Å²) < 4.78 is 1.29. The molecule has 3 rings (SSSR count). The maximum absolute atomic E-state index is 12.8. The molecular weight excluding hydrogens is 320 g/mol. The van der Waals surface area contributed by atoms with Gasteiger partial charge in [0.25, 0.3) is 5.56 Å². The number of hydrogen-bond acceptors (Lipinski definition) is 5. The van der Waals surface area contributed by atoms with Gasteiger partial charge in [-0.25, -0.2) is 4.79 Å². The Kier molecular flexibility index (Phi) is 5.42. The van der Waals surface area contributed by atoms with Crippen LogP contribution in [-0.4, -0.2) is 39.4 Å². The van der Waals surface area contributed by atoms with Crippen molar-refractivity contribution < 1.29 is 4.79 Å². The predicted molar refractivity (Wildman–Crippen MR) is 96.9 cm³/mol. The van der Waals surface area contributed by atoms with Crippen LogP contribution in [-0.2, 0) is 6.54 Å². The van der Waals surface area contributed by atoms with Gasteiger partial charge in [-0.05, 0) is 44.6 Å². The fourth-order valence-corrected chi connectivity index (χ4v) is 4.49. The topological polar surface area (TPSA) is 101 Å². The molecular formula is C18H28N4O3. The summed E-state index contributed by atoms with van der Waals surface area (Å²) in [4.78, 5) is 41.4. The molecule has 3 N–H and O–H groups in total. The number of fused-ring (bicyclic) bond motifs is 1. The molecule has 0 bridgehead atoms. The molecule has 7 nitrogen and oxygen atoms in total. The quantitative estimate of drug-likeness (QED) is 0.783. The zero-order valence-electron chi connectivity index (χ0n) is 14.9. The zero-order chi connectivity index (χ0) is 18.0. The number of nitrogens with one attached hydrogen (secondary N) is 1. The molecule has 0 unspecified atom stereocenters. The van der Waals surface area contributed by atoms with Crippen molar-refractivity contribution >= 4 is 11.6 Å². The van der Waals surface area contributed by atoms with Gasteiger partial charge < -0.3 is 5.73 Å². The summed E-state index contributed by atoms with van der Waals surface area (Å²) in [5.41, 5.74) is 4.73. The van der Waals surface area contributed by atoms with Crippen molar-refractivity contribution in [3.05, 3.63) is 26.4 Å². The van der Waals surface area contributed by atoms with Crippen LogP contribution in [0.5, 0.6) is 0 Å². The lowest BCUT2D eigenvalue weighted by Crippen LogP contribution is -2.49. The number of aromatic nitrogens is 2. The lowest BCUT2D eigenvalue weighted by molar-refractivity contribution is 0.0538. The van der Waals surface area contributed by atoms with Gasteiger partial charge in [0.05, 0.1) is 6.54 Å². The Bertz CT molecular complexity index is 750. The molecule has 1 saturated carbocycles. The molecule has 2 aliphatic rings. The number of ketones is 1. The van der Waals surface area contributed by atoms with Crippen molar-refractivity contribution in [2.75, 3.05) is 18.8 Å². The second kappa shape index (κ2) is 7.56. The smallest absolute Gasteiger partial charge is 0.329 e. The monoisotopic (exact) mass is 348 g/mol. The summed E-state index contributed by atoms with van der Waals surface area (Å²) in [5, 5.41) is 0. The average Bonchev–Trinajstić information content (AvgIpc) is 2.59. The molecule has 2 fully saturated rings. The van der Waals surface area contributed by atoms with Gasteiger partial charge in [0.15, 0.2) is 5.78 Å². The summed E-state index contributed by atoms with van der Waals surface area (Å²) in [6.45, 7) is 3.39. The van der Waals surface area contributed by atoms with Gasteiger partial charge in [0.2, 0.25) is 0 Å². The van der Waals surface area contributed by atoms with Crippen LogP contribution in [0.2, 0.25) is 0 Å². The molecule has 25 heavy (non-hydrogen) atoms. The largest absolute Gasteiger partial charge is 0.384 e. The first-order valence-electron chi connectivity index (χ1n) is 9.42. The van der Waals surface area contributed by atoms with Crippen LogP contribution in [0, 0.1) is 5.92 Å². The van der Waals surface area contributed by atoms with E-state index in [2.05, 4.69) is 9.88 Å². The van der Waals surface area contributed by atoms with Crippen molar-refractivity contribution in [1.82, 2.24) is 14.5 Å². The molecule has 1 aromatic rings. The molecule has 7 heteroatoms. The normalized spacial score (nSPS) is 24.0. The average molecular weight is 348 g/mol. The van der Waals surface area contributed by atoms with Crippen LogP contribution in [0.4, 0.5) is 5.82 Å². The van der Waals surface area contributed by atoms with Gasteiger partial charge in [-0.1, -0.05) is 19.8 Å². The van der Waals surface area contributed by atoms with E-state index in [0.29, 0.717) is 24.9 Å². The highest BCUT2D eigenvalue weighted by atomic mass is 16.2. The van der Waals surface area contributed by atoms with E-state index >= 15 is 0 Å². The highest BCUT2D eigenvalue weighted by Gasteiger charge is 2.34. The number of carbonyl (C=O) groups is 1. The Morgan fingerprint density at radius 2 is 1.92 bits per heavy atom. The predicted octanol–water partition coefficient (Wildman–Crippen LogP) is 1.37. The van der Waals surface area contributed by atoms with Crippen molar-refractivity contribution in [1.29, 1.82) is 0 Å². The van der Waals surface area contributed by atoms with Gasteiger partial charge in [0, 0.05) is 12.6 Å². The summed E-state index contributed by atoms with van der Waals surface area (Å²) >= 11 is 0. The molecule has 138 valence electrons. The lowest BCUT2D eigenvalue weighted by atomic mass is 9.78. The first-order valence-corrected chi connectivity index (χ1v) is 9.42. The molecule has 1 aliphatic heterocycles. The van der Waals surface area contributed by atoms with E-state index < -0.39 is 11.2 Å². The summed E-state index contributed by atoms with van der Waals surface area (Å²) in [6, 6.07) is 0.438. The Balaban J connectivity index is 1.84. The minimum absolute atomic E-state index is 0.00203. The third-order valence-electron chi connectivity index (χ3n) is 5.67. The highest BCUT2D eigenvalue weighted by molar-refractivity contribution is 6.01. The third kappa shape index (κ3) is 3.56. The lowest BCUT2D eigenvalue weighted by Gasteiger charge is -2.43. The molecule has 2 heterocycles. The molecule has 0 spiro atoms. The van der Waals surface area contributed by atoms with E-state index in [1.54, 1.807) is 0 Å². The van der Waals surface area contributed by atoms with Gasteiger partial charge in [-0.15, -0.1) is 0 Å². The second-order valence-corrected chi connectivity index (χ2v) is 7.32. The number of Topliss-reactive ketones (excluding diaryl/α,β-unsaturated/α-hetero) is 1. The standard InChI is InChI=1S/C18H28N4O3/c1-2-9-22-16(19)15(17(24)20-18(22)25)14(23)11-21-10-5-7-12-6-3-4-8-13(12)21/h12-13H,2-11,19H2,1H3,(H,20,24,25)/t12-,13-/m1/s1. The second-order valence-electron chi connectivity index (χ2n) is 7.32. The number of nitrogens with two attached hydrogens (primary N) is 1. The maximum atomic E-state index is 12.8. The number of H-pyrrole nitrogens is 1. The van der Waals surface area contributed by atoms with E-state index in [1.807, 2.05) is 6.92 Å². The SMILES string of the molecule is CCCn1c(N)c(C(=O)CN2CCC[C@H]3CCCC[C@H]32)c(=O)[nH]c1=O. The van der Waals surface area contributed by atoms with Crippen molar-refractivity contribution in [3.8, 4) is 0 Å². The molecule has 0 aromatic carbocycles. The third-order valence-corrected chi connectivity index (χ3v) is 5.67. The minimum Gasteiger partial charge on any atom is -0.384 e. The van der Waals surface area contributed by atoms with Crippen LogP contribution >= 0.6 is 0 Å². The van der Waals surface area contributed by atoms with E-state index in [-0.39, 0.29) is 23.7 Å². The van der Waals surface area contributed by atoms with Crippen LogP contribution in [0.25, 0.3) is 0 Å². The van der Waals surface area contributed by atoms with Crippen molar-refractivity contribution in [2.24, 2.45) is 5.92 Å². The number of aromatic amines is 1. The fraction of sp³-hybridized carbons (Fsp3) is 0.722. The van der Waals surface area contributed by atoms with Crippen molar-refractivity contribution in [3.63, 3.8) is 0 Å². The number of likely N-dealkylation sites (tertiary alicyclic amines) is 1. The van der Waals surface area contributed by atoms with Gasteiger partial charge in [-0.2, -0.15) is 0 Å². The highest BCUT2D eigenvalue weighted by Crippen LogP contribution is 2.35. The van der Waals surface area contributed by atoms with Crippen LogP contribution in [0.15, 0.2) is 9.59 Å². The van der Waals surface area contributed by atoms with Gasteiger partial charge in [-0.3, -0.25) is 24.0 Å². The first kappa shape index (κ1) is 17.9. The molecule has 2 atom stereocenters. The Labute approximate surface area is 147 Å². The molecule has 1 saturated heterocycles.